The number of benzene rings is 1. The van der Waals surface area contributed by atoms with E-state index in [1.54, 1.807) is 18.2 Å². The van der Waals surface area contributed by atoms with E-state index in [1.165, 1.54) is 0 Å². The second-order valence-corrected chi connectivity index (χ2v) is 7.26. The average molecular weight is 403 g/mol. The SMILES string of the molecule is N#CCNC(=O)[C@@H]1CCCC[C@@]1(C(N)=O)c1c(C(=O)O)[nH]c2c(Cl)cccc12. The van der Waals surface area contributed by atoms with E-state index in [0.717, 1.165) is 0 Å². The minimum absolute atomic E-state index is 0.182. The molecule has 2 atom stereocenters. The van der Waals surface area contributed by atoms with Crippen LogP contribution in [0.5, 0.6) is 0 Å². The van der Waals surface area contributed by atoms with Gasteiger partial charge in [-0.15, -0.1) is 0 Å². The Morgan fingerprint density at radius 1 is 1.39 bits per heavy atom. The lowest BCUT2D eigenvalue weighted by molar-refractivity contribution is -0.137. The second kappa shape index (κ2) is 7.52. The summed E-state index contributed by atoms with van der Waals surface area (Å²) in [5.41, 5.74) is 4.65. The minimum atomic E-state index is -1.52. The van der Waals surface area contributed by atoms with Crippen molar-refractivity contribution in [3.8, 4) is 6.07 Å². The molecule has 0 saturated heterocycles. The normalized spacial score (nSPS) is 21.8. The average Bonchev–Trinajstić information content (AvgIpc) is 3.07. The van der Waals surface area contributed by atoms with Gasteiger partial charge in [0.1, 0.15) is 12.2 Å². The van der Waals surface area contributed by atoms with Crippen LogP contribution in [0, 0.1) is 17.2 Å². The zero-order valence-electron chi connectivity index (χ0n) is 14.9. The molecule has 2 aromatic rings. The molecule has 9 heteroatoms. The molecule has 1 aliphatic carbocycles. The molecule has 3 rings (SSSR count). The summed E-state index contributed by atoms with van der Waals surface area (Å²) in [6, 6.07) is 6.74. The lowest BCUT2D eigenvalue weighted by Crippen LogP contribution is -2.54. The molecule has 0 bridgehead atoms. The Morgan fingerprint density at radius 3 is 2.79 bits per heavy atom. The number of nitrogens with zero attached hydrogens (tertiary/aromatic N) is 1. The topological polar surface area (TPSA) is 149 Å². The summed E-state index contributed by atoms with van der Waals surface area (Å²) in [6.45, 7) is -0.213. The number of nitrogens with one attached hydrogen (secondary N) is 2. The molecule has 1 heterocycles. The van der Waals surface area contributed by atoms with Crippen LogP contribution in [0.4, 0.5) is 0 Å². The second-order valence-electron chi connectivity index (χ2n) is 6.85. The minimum Gasteiger partial charge on any atom is -0.477 e. The third kappa shape index (κ3) is 2.98. The van der Waals surface area contributed by atoms with Gasteiger partial charge in [-0.3, -0.25) is 9.59 Å². The van der Waals surface area contributed by atoms with Gasteiger partial charge in [0.25, 0.3) is 0 Å². The number of carbonyl (C=O) groups is 3. The number of nitrogens with two attached hydrogens (primary N) is 1. The summed E-state index contributed by atoms with van der Waals surface area (Å²) in [5, 5.41) is 21.8. The molecule has 0 unspecified atom stereocenters. The fourth-order valence-electron chi connectivity index (χ4n) is 4.30. The molecule has 1 aromatic carbocycles. The van der Waals surface area contributed by atoms with Gasteiger partial charge in [0.05, 0.1) is 27.9 Å². The van der Waals surface area contributed by atoms with Crippen LogP contribution < -0.4 is 11.1 Å². The maximum atomic E-state index is 12.8. The van der Waals surface area contributed by atoms with Crippen molar-refractivity contribution in [1.29, 1.82) is 5.26 Å². The Morgan fingerprint density at radius 2 is 2.14 bits per heavy atom. The highest BCUT2D eigenvalue weighted by Crippen LogP contribution is 2.48. The number of amides is 2. The van der Waals surface area contributed by atoms with Crippen molar-refractivity contribution in [2.45, 2.75) is 31.1 Å². The quantitative estimate of drug-likeness (QED) is 0.564. The molecule has 1 saturated carbocycles. The van der Waals surface area contributed by atoms with Crippen molar-refractivity contribution in [2.24, 2.45) is 11.7 Å². The van der Waals surface area contributed by atoms with Gasteiger partial charge in [0, 0.05) is 10.9 Å². The first kappa shape index (κ1) is 19.7. The van der Waals surface area contributed by atoms with Crippen LogP contribution in [0.2, 0.25) is 5.02 Å². The number of aromatic nitrogens is 1. The highest BCUT2D eigenvalue weighted by Gasteiger charge is 2.53. The molecule has 0 spiro atoms. The highest BCUT2D eigenvalue weighted by molar-refractivity contribution is 6.35. The number of carboxylic acids is 1. The van der Waals surface area contributed by atoms with E-state index in [-0.39, 0.29) is 24.2 Å². The van der Waals surface area contributed by atoms with E-state index in [1.807, 2.05) is 6.07 Å². The number of para-hydroxylation sites is 1. The summed E-state index contributed by atoms with van der Waals surface area (Å²) < 4.78 is 0. The van der Waals surface area contributed by atoms with Gasteiger partial charge >= 0.3 is 5.97 Å². The number of fused-ring (bicyclic) bond motifs is 1. The van der Waals surface area contributed by atoms with Crippen molar-refractivity contribution in [3.63, 3.8) is 0 Å². The van der Waals surface area contributed by atoms with Gasteiger partial charge in [-0.25, -0.2) is 4.79 Å². The third-order valence-electron chi connectivity index (χ3n) is 5.45. The standard InChI is InChI=1S/C19H19ClN4O4/c20-12-6-3-4-10-13(15(17(26)27)24-14(10)12)19(18(22)28)7-2-1-5-11(19)16(25)23-9-8-21/h3-4,6,11,24H,1-2,5,7,9H2,(H2,22,28)(H,23,25)(H,26,27)/t11-,19-/m0/s1. The van der Waals surface area contributed by atoms with Gasteiger partial charge < -0.3 is 21.1 Å². The Hall–Kier alpha value is -3.05. The molecule has 1 aromatic heterocycles. The first-order valence-electron chi connectivity index (χ1n) is 8.83. The van der Waals surface area contributed by atoms with E-state index in [2.05, 4.69) is 10.3 Å². The largest absolute Gasteiger partial charge is 0.477 e. The number of aromatic carboxylic acids is 1. The Labute approximate surface area is 165 Å². The molecule has 0 aliphatic heterocycles. The molecular formula is C19H19ClN4O4. The lowest BCUT2D eigenvalue weighted by atomic mass is 9.61. The maximum Gasteiger partial charge on any atom is 0.352 e. The molecule has 8 nitrogen and oxygen atoms in total. The number of hydrogen-bond donors (Lipinski definition) is 4. The summed E-state index contributed by atoms with van der Waals surface area (Å²) in [6.07, 6.45) is 1.88. The molecule has 1 aliphatic rings. The number of carbonyl (C=O) groups excluding carboxylic acids is 2. The number of primary amides is 1. The molecule has 146 valence electrons. The smallest absolute Gasteiger partial charge is 0.352 e. The number of H-pyrrole nitrogens is 1. The number of rotatable bonds is 5. The number of aromatic amines is 1. The van der Waals surface area contributed by atoms with E-state index < -0.39 is 29.1 Å². The van der Waals surface area contributed by atoms with Crippen molar-refractivity contribution >= 4 is 40.3 Å². The number of hydrogen-bond acceptors (Lipinski definition) is 4. The van der Waals surface area contributed by atoms with Crippen LogP contribution in [0.15, 0.2) is 18.2 Å². The van der Waals surface area contributed by atoms with Crippen LogP contribution in [-0.4, -0.2) is 34.4 Å². The lowest BCUT2D eigenvalue weighted by Gasteiger charge is -2.41. The molecule has 5 N–H and O–H groups in total. The molecule has 28 heavy (non-hydrogen) atoms. The van der Waals surface area contributed by atoms with Gasteiger partial charge in [0.2, 0.25) is 11.8 Å². The Bertz CT molecular complexity index is 1010. The number of carboxylic acid groups (broad SMARTS) is 1. The van der Waals surface area contributed by atoms with Gasteiger partial charge in [-0.05, 0) is 18.9 Å². The summed E-state index contributed by atoms with van der Waals surface area (Å²) >= 11 is 6.22. The van der Waals surface area contributed by atoms with E-state index in [0.29, 0.717) is 35.2 Å². The predicted molar refractivity (Wildman–Crippen MR) is 102 cm³/mol. The number of nitriles is 1. The maximum absolute atomic E-state index is 12.8. The van der Waals surface area contributed by atoms with Gasteiger partial charge in [-0.1, -0.05) is 36.6 Å². The number of halogens is 1. The zero-order chi connectivity index (χ0) is 20.5. The molecular weight excluding hydrogens is 384 g/mol. The fraction of sp³-hybridized carbons (Fsp3) is 0.368. The van der Waals surface area contributed by atoms with Crippen LogP contribution in [0.1, 0.15) is 41.7 Å². The van der Waals surface area contributed by atoms with E-state index in [9.17, 15) is 19.5 Å². The van der Waals surface area contributed by atoms with Crippen LogP contribution in [0.25, 0.3) is 10.9 Å². The highest BCUT2D eigenvalue weighted by atomic mass is 35.5. The van der Waals surface area contributed by atoms with Crippen LogP contribution in [-0.2, 0) is 15.0 Å². The van der Waals surface area contributed by atoms with Crippen molar-refractivity contribution in [2.75, 3.05) is 6.54 Å². The summed E-state index contributed by atoms with van der Waals surface area (Å²) in [7, 11) is 0. The van der Waals surface area contributed by atoms with Gasteiger partial charge in [-0.2, -0.15) is 5.26 Å². The van der Waals surface area contributed by atoms with Crippen molar-refractivity contribution in [1.82, 2.24) is 10.3 Å². The molecule has 2 amide bonds. The molecule has 0 radical (unpaired) electrons. The monoisotopic (exact) mass is 402 g/mol. The zero-order valence-corrected chi connectivity index (χ0v) is 15.7. The van der Waals surface area contributed by atoms with Crippen molar-refractivity contribution in [3.05, 3.63) is 34.5 Å². The summed E-state index contributed by atoms with van der Waals surface area (Å²) in [5.74, 6) is -3.42. The summed E-state index contributed by atoms with van der Waals surface area (Å²) in [4.78, 5) is 40.4. The van der Waals surface area contributed by atoms with Gasteiger partial charge in [0.15, 0.2) is 0 Å². The van der Waals surface area contributed by atoms with Crippen LogP contribution >= 0.6 is 11.6 Å². The van der Waals surface area contributed by atoms with E-state index >= 15 is 0 Å². The third-order valence-corrected chi connectivity index (χ3v) is 5.76. The first-order valence-corrected chi connectivity index (χ1v) is 9.21. The Balaban J connectivity index is 2.32. The van der Waals surface area contributed by atoms with Crippen molar-refractivity contribution < 1.29 is 19.5 Å². The van der Waals surface area contributed by atoms with E-state index in [4.69, 9.17) is 22.6 Å². The predicted octanol–water partition coefficient (Wildman–Crippen LogP) is 2.07. The fourth-order valence-corrected chi connectivity index (χ4v) is 4.52. The molecule has 1 fully saturated rings. The van der Waals surface area contributed by atoms with Crippen LogP contribution in [0.3, 0.4) is 0 Å². The first-order chi connectivity index (χ1) is 13.3. The Kier molecular flexibility index (Phi) is 5.29.